The quantitative estimate of drug-likeness (QED) is 0.662. The van der Waals surface area contributed by atoms with Gasteiger partial charge in [0.05, 0.1) is 18.3 Å². The molecule has 1 amide bonds. The number of hydrogen-bond donors (Lipinski definition) is 2. The number of rotatable bonds is 8. The van der Waals surface area contributed by atoms with Crippen LogP contribution >= 0.6 is 0 Å². The molecule has 1 aliphatic heterocycles. The van der Waals surface area contributed by atoms with Crippen molar-refractivity contribution in [2.24, 2.45) is 0 Å². The molecule has 1 aromatic carbocycles. The number of fused-ring (bicyclic) bond motifs is 1. The van der Waals surface area contributed by atoms with Crippen LogP contribution in [0, 0.1) is 0 Å². The third kappa shape index (κ3) is 4.68. The molecule has 2 aliphatic rings. The van der Waals surface area contributed by atoms with E-state index in [2.05, 4.69) is 5.32 Å². The van der Waals surface area contributed by atoms with E-state index in [0.717, 1.165) is 12.8 Å². The van der Waals surface area contributed by atoms with E-state index in [9.17, 15) is 9.59 Å². The summed E-state index contributed by atoms with van der Waals surface area (Å²) >= 11 is 0. The van der Waals surface area contributed by atoms with Crippen LogP contribution in [0.2, 0.25) is 0 Å². The Kier molecular flexibility index (Phi) is 5.97. The number of unbranched alkanes of at least 4 members (excludes halogenated alkanes) is 1. The predicted molar refractivity (Wildman–Crippen MR) is 106 cm³/mol. The smallest absolute Gasteiger partial charge is 0.286 e. The molecule has 0 radical (unpaired) electrons. The summed E-state index contributed by atoms with van der Waals surface area (Å²) in [4.78, 5) is 25.5. The molecule has 2 heterocycles. The van der Waals surface area contributed by atoms with Gasteiger partial charge in [-0.1, -0.05) is 12.1 Å². The number of allylic oxidation sites excluding steroid dienone is 1. The van der Waals surface area contributed by atoms with E-state index in [1.54, 1.807) is 24.3 Å². The summed E-state index contributed by atoms with van der Waals surface area (Å²) in [5.74, 6) is -0.466. The molecule has 7 heteroatoms. The molecular formula is C22H25NO6. The number of hydrogen-bond acceptors (Lipinski definition) is 6. The highest BCUT2D eigenvalue weighted by atomic mass is 16.7. The van der Waals surface area contributed by atoms with E-state index in [1.165, 1.54) is 6.26 Å². The third-order valence-corrected chi connectivity index (χ3v) is 5.16. The van der Waals surface area contributed by atoms with E-state index in [1.807, 2.05) is 6.07 Å². The maximum Gasteiger partial charge on any atom is 0.286 e. The minimum atomic E-state index is -0.644. The molecule has 1 fully saturated rings. The van der Waals surface area contributed by atoms with Crippen molar-refractivity contribution in [3.63, 3.8) is 0 Å². The number of benzene rings is 1. The van der Waals surface area contributed by atoms with Gasteiger partial charge in [0.2, 0.25) is 6.29 Å². The molecule has 29 heavy (non-hydrogen) atoms. The van der Waals surface area contributed by atoms with Crippen molar-refractivity contribution in [1.82, 2.24) is 5.32 Å². The van der Waals surface area contributed by atoms with Crippen molar-refractivity contribution in [2.45, 2.75) is 50.4 Å². The lowest BCUT2D eigenvalue weighted by molar-refractivity contribution is -0.146. The average molecular weight is 399 g/mol. The van der Waals surface area contributed by atoms with Crippen LogP contribution in [0.1, 0.15) is 43.6 Å². The van der Waals surface area contributed by atoms with Crippen LogP contribution in [0.15, 0.2) is 51.6 Å². The second-order valence-electron chi connectivity index (χ2n) is 7.49. The molecule has 1 aromatic heterocycles. The summed E-state index contributed by atoms with van der Waals surface area (Å²) in [5, 5.41) is 12.3. The number of nitrogens with one attached hydrogen (secondary N) is 1. The summed E-state index contributed by atoms with van der Waals surface area (Å²) in [7, 11) is 0. The van der Waals surface area contributed by atoms with Gasteiger partial charge in [-0.2, -0.15) is 0 Å². The number of aliphatic hydroxyl groups excluding tert-OH is 1. The predicted octanol–water partition coefficient (Wildman–Crippen LogP) is 2.57. The third-order valence-electron chi connectivity index (χ3n) is 5.16. The SMILES string of the molecule is O=C(NC1CC1)C1=C[C@H](c2coc3ccccc3c2=O)C[C@H](OCCCCO)O1. The summed E-state index contributed by atoms with van der Waals surface area (Å²) < 4.78 is 17.2. The van der Waals surface area contributed by atoms with E-state index in [-0.39, 0.29) is 35.7 Å². The Morgan fingerprint density at radius 1 is 1.24 bits per heavy atom. The summed E-state index contributed by atoms with van der Waals surface area (Å²) in [6.45, 7) is 0.506. The molecule has 0 bridgehead atoms. The Labute approximate surface area is 168 Å². The second kappa shape index (κ2) is 8.80. The Balaban J connectivity index is 1.59. The van der Waals surface area contributed by atoms with Gasteiger partial charge in [0.1, 0.15) is 5.58 Å². The van der Waals surface area contributed by atoms with E-state index >= 15 is 0 Å². The van der Waals surface area contributed by atoms with Crippen LogP contribution in [0.5, 0.6) is 0 Å². The molecule has 2 N–H and O–H groups in total. The van der Waals surface area contributed by atoms with Gasteiger partial charge in [0.25, 0.3) is 5.91 Å². The van der Waals surface area contributed by atoms with Gasteiger partial charge >= 0.3 is 0 Å². The van der Waals surface area contributed by atoms with Crippen molar-refractivity contribution in [2.75, 3.05) is 13.2 Å². The molecule has 4 rings (SSSR count). The van der Waals surface area contributed by atoms with Gasteiger partial charge in [0, 0.05) is 30.6 Å². The lowest BCUT2D eigenvalue weighted by Gasteiger charge is -2.29. The fraction of sp³-hybridized carbons (Fsp3) is 0.455. The molecule has 2 atom stereocenters. The van der Waals surface area contributed by atoms with Crippen LogP contribution in [-0.2, 0) is 14.3 Å². The van der Waals surface area contributed by atoms with Gasteiger partial charge in [0.15, 0.2) is 11.2 Å². The highest BCUT2D eigenvalue weighted by Gasteiger charge is 2.32. The van der Waals surface area contributed by atoms with Crippen molar-refractivity contribution >= 4 is 16.9 Å². The van der Waals surface area contributed by atoms with E-state index in [4.69, 9.17) is 19.0 Å². The first-order valence-electron chi connectivity index (χ1n) is 10.1. The molecule has 1 saturated carbocycles. The summed E-state index contributed by atoms with van der Waals surface area (Å²) in [6.07, 6.45) is 6.18. The van der Waals surface area contributed by atoms with Crippen LogP contribution < -0.4 is 10.7 Å². The topological polar surface area (TPSA) is 98.0 Å². The number of carbonyl (C=O) groups excluding carboxylic acids is 1. The first kappa shape index (κ1) is 19.7. The Morgan fingerprint density at radius 3 is 2.86 bits per heavy atom. The Hall–Kier alpha value is -2.64. The van der Waals surface area contributed by atoms with Crippen molar-refractivity contribution in [1.29, 1.82) is 0 Å². The van der Waals surface area contributed by atoms with E-state index < -0.39 is 6.29 Å². The number of amides is 1. The van der Waals surface area contributed by atoms with Gasteiger partial charge in [-0.3, -0.25) is 9.59 Å². The fourth-order valence-corrected chi connectivity index (χ4v) is 3.40. The maximum atomic E-state index is 13.0. The van der Waals surface area contributed by atoms with Gasteiger partial charge in [-0.25, -0.2) is 0 Å². The van der Waals surface area contributed by atoms with Crippen LogP contribution in [0.4, 0.5) is 0 Å². The van der Waals surface area contributed by atoms with Crippen LogP contribution in [-0.4, -0.2) is 36.6 Å². The molecule has 0 unspecified atom stereocenters. The van der Waals surface area contributed by atoms with Crippen molar-refractivity contribution in [3.8, 4) is 0 Å². The minimum absolute atomic E-state index is 0.102. The monoisotopic (exact) mass is 399 g/mol. The number of para-hydroxylation sites is 1. The van der Waals surface area contributed by atoms with Gasteiger partial charge in [-0.15, -0.1) is 0 Å². The number of carbonyl (C=O) groups is 1. The number of aliphatic hydroxyl groups is 1. The largest absolute Gasteiger partial charge is 0.464 e. The van der Waals surface area contributed by atoms with E-state index in [0.29, 0.717) is 42.4 Å². The zero-order valence-electron chi connectivity index (χ0n) is 16.1. The minimum Gasteiger partial charge on any atom is -0.464 e. The fourth-order valence-electron chi connectivity index (χ4n) is 3.40. The highest BCUT2D eigenvalue weighted by molar-refractivity contribution is 5.92. The normalized spacial score (nSPS) is 21.5. The first-order chi connectivity index (χ1) is 14.2. The molecule has 2 aromatic rings. The van der Waals surface area contributed by atoms with Crippen molar-refractivity contribution < 1.29 is 23.8 Å². The molecule has 7 nitrogen and oxygen atoms in total. The van der Waals surface area contributed by atoms with Gasteiger partial charge in [-0.05, 0) is 43.9 Å². The highest BCUT2D eigenvalue weighted by Crippen LogP contribution is 2.31. The zero-order valence-corrected chi connectivity index (χ0v) is 16.1. The Morgan fingerprint density at radius 2 is 2.07 bits per heavy atom. The van der Waals surface area contributed by atoms with Crippen molar-refractivity contribution in [3.05, 3.63) is 58.2 Å². The lowest BCUT2D eigenvalue weighted by atomic mass is 9.93. The average Bonchev–Trinajstić information content (AvgIpc) is 3.55. The van der Waals surface area contributed by atoms with Crippen LogP contribution in [0.25, 0.3) is 11.0 Å². The maximum absolute atomic E-state index is 13.0. The Bertz CT molecular complexity index is 961. The van der Waals surface area contributed by atoms with Gasteiger partial charge < -0.3 is 24.3 Å². The first-order valence-corrected chi connectivity index (χ1v) is 10.1. The molecule has 0 spiro atoms. The summed E-state index contributed by atoms with van der Waals surface area (Å²) in [6, 6.07) is 7.29. The summed E-state index contributed by atoms with van der Waals surface area (Å²) in [5.41, 5.74) is 0.893. The molecule has 1 aliphatic carbocycles. The number of ether oxygens (including phenoxy) is 2. The van der Waals surface area contributed by atoms with Crippen LogP contribution in [0.3, 0.4) is 0 Å². The molecular weight excluding hydrogens is 374 g/mol. The second-order valence-corrected chi connectivity index (χ2v) is 7.49. The molecule has 154 valence electrons. The molecule has 0 saturated heterocycles. The zero-order chi connectivity index (χ0) is 20.2. The lowest BCUT2D eigenvalue weighted by Crippen LogP contribution is -2.34. The standard InChI is InChI=1S/C22H25NO6/c24-9-3-4-10-27-20-12-14(11-19(29-20)22(26)23-15-7-8-15)17-13-28-18-6-2-1-5-16(18)21(17)25/h1-2,5-6,11,13-15,20,24H,3-4,7-10,12H2,(H,23,26)/t14-,20+/m0/s1.